The molecule has 5 nitrogen and oxygen atoms in total. The van der Waals surface area contributed by atoms with Crippen molar-refractivity contribution in [2.24, 2.45) is 0 Å². The van der Waals surface area contributed by atoms with Gasteiger partial charge in [-0.2, -0.15) is 0 Å². The minimum Gasteiger partial charge on any atom is -0.480 e. The number of aliphatic carboxylic acids is 1. The Morgan fingerprint density at radius 2 is 1.77 bits per heavy atom. The van der Waals surface area contributed by atoms with E-state index in [2.05, 4.69) is 18.7 Å². The lowest BCUT2D eigenvalue weighted by Gasteiger charge is -2.23. The molecule has 0 aliphatic heterocycles. The highest BCUT2D eigenvalue weighted by molar-refractivity contribution is 5.83. The number of hydrogen-bond acceptors (Lipinski definition) is 3. The first-order valence-electron chi connectivity index (χ1n) is 12.4. The number of hydrogen-bond donors (Lipinski definition) is 1. The molecule has 188 valence electrons. The third-order valence-electron chi connectivity index (χ3n) is 6.69. The average Bonchev–Trinajstić information content (AvgIpc) is 2.84. The molecule has 1 N–H and O–H groups in total. The summed E-state index contributed by atoms with van der Waals surface area (Å²) in [5.41, 5.74) is 2.09. The molecular formula is C28H34F2N2O3. The lowest BCUT2D eigenvalue weighted by atomic mass is 10.0. The maximum atomic E-state index is 14.2. The van der Waals surface area contributed by atoms with E-state index in [1.165, 1.54) is 18.2 Å². The van der Waals surface area contributed by atoms with Crippen LogP contribution in [0.5, 0.6) is 0 Å². The van der Waals surface area contributed by atoms with E-state index in [-0.39, 0.29) is 23.8 Å². The Hall–Kier alpha value is -3.06. The first-order chi connectivity index (χ1) is 16.8. The number of aromatic nitrogens is 1. The summed E-state index contributed by atoms with van der Waals surface area (Å²) in [6, 6.07) is 10.2. The van der Waals surface area contributed by atoms with E-state index >= 15 is 0 Å². The number of carbonyl (C=O) groups is 1. The van der Waals surface area contributed by atoms with E-state index < -0.39 is 23.6 Å². The van der Waals surface area contributed by atoms with Gasteiger partial charge in [0.2, 0.25) is 0 Å². The molecule has 0 saturated carbocycles. The molecule has 3 rings (SSSR count). The van der Waals surface area contributed by atoms with Gasteiger partial charge in [-0.1, -0.05) is 39.0 Å². The van der Waals surface area contributed by atoms with Gasteiger partial charge in [0.25, 0.3) is 0 Å². The summed E-state index contributed by atoms with van der Waals surface area (Å²) in [6.45, 7) is 8.98. The van der Waals surface area contributed by atoms with Crippen LogP contribution >= 0.6 is 0 Å². The molecule has 2 aromatic carbocycles. The van der Waals surface area contributed by atoms with Crippen molar-refractivity contribution in [2.45, 2.75) is 58.9 Å². The largest absolute Gasteiger partial charge is 0.480 e. The summed E-state index contributed by atoms with van der Waals surface area (Å²) >= 11 is 0. The maximum Gasteiger partial charge on any atom is 0.326 e. The Kier molecular flexibility index (Phi) is 9.15. The van der Waals surface area contributed by atoms with E-state index in [9.17, 15) is 23.5 Å². The molecule has 0 amide bonds. The van der Waals surface area contributed by atoms with Crippen LogP contribution in [0.2, 0.25) is 0 Å². The van der Waals surface area contributed by atoms with E-state index in [4.69, 9.17) is 0 Å². The highest BCUT2D eigenvalue weighted by Gasteiger charge is 2.23. The Morgan fingerprint density at radius 1 is 1.03 bits per heavy atom. The molecule has 0 aliphatic rings. The first kappa shape index (κ1) is 26.5. The monoisotopic (exact) mass is 484 g/mol. The number of pyridine rings is 1. The van der Waals surface area contributed by atoms with Crippen molar-refractivity contribution in [1.82, 2.24) is 9.47 Å². The van der Waals surface area contributed by atoms with Crippen molar-refractivity contribution in [3.8, 4) is 0 Å². The second-order valence-electron chi connectivity index (χ2n) is 8.83. The zero-order valence-electron chi connectivity index (χ0n) is 20.7. The SMILES string of the molecule is CCC(C(=O)O)n1c(CCc2cccc(F)c2F)cc(=O)c2ccc(CCCN(CC)CC)cc21. The third kappa shape index (κ3) is 6.14. The van der Waals surface area contributed by atoms with Gasteiger partial charge >= 0.3 is 5.97 Å². The van der Waals surface area contributed by atoms with Gasteiger partial charge in [-0.15, -0.1) is 0 Å². The number of carboxylic acids is 1. The number of halogens is 2. The molecule has 7 heteroatoms. The van der Waals surface area contributed by atoms with Crippen LogP contribution in [0.4, 0.5) is 8.78 Å². The van der Waals surface area contributed by atoms with E-state index in [1.54, 1.807) is 17.6 Å². The minimum atomic E-state index is -0.998. The van der Waals surface area contributed by atoms with Crippen LogP contribution < -0.4 is 5.43 Å². The molecule has 1 aromatic heterocycles. The maximum absolute atomic E-state index is 14.2. The van der Waals surface area contributed by atoms with Gasteiger partial charge in [0.05, 0.1) is 5.52 Å². The number of fused-ring (bicyclic) bond motifs is 1. The Labute approximate surface area is 205 Å². The fourth-order valence-corrected chi connectivity index (χ4v) is 4.67. The molecule has 1 atom stereocenters. The fourth-order valence-electron chi connectivity index (χ4n) is 4.67. The van der Waals surface area contributed by atoms with Crippen molar-refractivity contribution < 1.29 is 18.7 Å². The molecule has 0 radical (unpaired) electrons. The van der Waals surface area contributed by atoms with Crippen LogP contribution in [0.15, 0.2) is 47.3 Å². The molecule has 0 fully saturated rings. The lowest BCUT2D eigenvalue weighted by Crippen LogP contribution is -2.25. The van der Waals surface area contributed by atoms with Crippen molar-refractivity contribution in [3.05, 3.63) is 81.1 Å². The van der Waals surface area contributed by atoms with Gasteiger partial charge in [-0.25, -0.2) is 13.6 Å². The van der Waals surface area contributed by atoms with Crippen molar-refractivity contribution in [1.29, 1.82) is 0 Å². The van der Waals surface area contributed by atoms with Gasteiger partial charge in [0, 0.05) is 17.1 Å². The van der Waals surface area contributed by atoms with E-state index in [0.29, 0.717) is 23.0 Å². The zero-order valence-corrected chi connectivity index (χ0v) is 20.7. The molecule has 0 bridgehead atoms. The quantitative estimate of drug-likeness (QED) is 0.375. The fraction of sp³-hybridized carbons (Fsp3) is 0.429. The van der Waals surface area contributed by atoms with Gasteiger partial charge in [0.15, 0.2) is 17.1 Å². The van der Waals surface area contributed by atoms with Gasteiger partial charge < -0.3 is 14.6 Å². The van der Waals surface area contributed by atoms with Gasteiger partial charge in [0.1, 0.15) is 6.04 Å². The van der Waals surface area contributed by atoms with Crippen LogP contribution in [-0.2, 0) is 24.1 Å². The first-order valence-corrected chi connectivity index (χ1v) is 12.4. The second kappa shape index (κ2) is 12.1. The number of rotatable bonds is 12. The Bertz CT molecular complexity index is 1230. The minimum absolute atomic E-state index is 0.147. The molecular weight excluding hydrogens is 450 g/mol. The smallest absolute Gasteiger partial charge is 0.326 e. The number of nitrogens with zero attached hydrogens (tertiary/aromatic N) is 2. The molecule has 0 spiro atoms. The van der Waals surface area contributed by atoms with Crippen LogP contribution in [0.3, 0.4) is 0 Å². The summed E-state index contributed by atoms with van der Waals surface area (Å²) < 4.78 is 29.6. The topological polar surface area (TPSA) is 62.5 Å². The molecule has 1 unspecified atom stereocenters. The molecule has 35 heavy (non-hydrogen) atoms. The van der Waals surface area contributed by atoms with Crippen LogP contribution in [0.25, 0.3) is 10.9 Å². The molecule has 1 heterocycles. The van der Waals surface area contributed by atoms with Crippen molar-refractivity contribution in [2.75, 3.05) is 19.6 Å². The highest BCUT2D eigenvalue weighted by atomic mass is 19.2. The normalized spacial score (nSPS) is 12.4. The average molecular weight is 485 g/mol. The summed E-state index contributed by atoms with van der Waals surface area (Å²) in [7, 11) is 0. The van der Waals surface area contributed by atoms with Crippen molar-refractivity contribution >= 4 is 16.9 Å². The Balaban J connectivity index is 2.04. The van der Waals surface area contributed by atoms with Gasteiger partial charge in [-0.3, -0.25) is 4.79 Å². The van der Waals surface area contributed by atoms with Crippen LogP contribution in [0.1, 0.15) is 56.5 Å². The van der Waals surface area contributed by atoms with Crippen LogP contribution in [-0.4, -0.2) is 40.2 Å². The van der Waals surface area contributed by atoms with E-state index in [1.807, 2.05) is 12.1 Å². The highest BCUT2D eigenvalue weighted by Crippen LogP contribution is 2.25. The zero-order chi connectivity index (χ0) is 25.5. The summed E-state index contributed by atoms with van der Waals surface area (Å²) in [6.07, 6.45) is 2.44. The standard InChI is InChI=1S/C28H34F2N2O3/c1-4-24(28(34)35)32-21(14-13-20-10-7-11-23(29)27(20)30)18-26(33)22-15-12-19(17-25(22)32)9-8-16-31(5-2)6-3/h7,10-12,15,17-18,24H,4-6,8-9,13-14,16H2,1-3H3,(H,34,35). The molecule has 3 aromatic rings. The molecule has 0 aliphatic carbocycles. The Morgan fingerprint density at radius 3 is 2.43 bits per heavy atom. The predicted molar refractivity (Wildman–Crippen MR) is 135 cm³/mol. The summed E-state index contributed by atoms with van der Waals surface area (Å²) in [4.78, 5) is 27.5. The molecule has 0 saturated heterocycles. The number of benzene rings is 2. The number of carboxylic acid groups (broad SMARTS) is 1. The van der Waals surface area contributed by atoms with Gasteiger partial charge in [-0.05, 0) is 81.1 Å². The lowest BCUT2D eigenvalue weighted by molar-refractivity contribution is -0.140. The predicted octanol–water partition coefficient (Wildman–Crippen LogP) is 5.38. The second-order valence-corrected chi connectivity index (χ2v) is 8.83. The van der Waals surface area contributed by atoms with Crippen molar-refractivity contribution in [3.63, 3.8) is 0 Å². The van der Waals surface area contributed by atoms with Crippen LogP contribution in [0, 0.1) is 11.6 Å². The summed E-state index contributed by atoms with van der Waals surface area (Å²) in [5.74, 6) is -2.84. The van der Waals surface area contributed by atoms with E-state index in [0.717, 1.165) is 44.1 Å². The summed E-state index contributed by atoms with van der Waals surface area (Å²) in [5, 5.41) is 10.4. The number of aryl methyl sites for hydroxylation is 3. The third-order valence-corrected chi connectivity index (χ3v) is 6.69.